The highest BCUT2D eigenvalue weighted by atomic mass is 32.2. The average molecular weight is 403 g/mol. The van der Waals surface area contributed by atoms with Gasteiger partial charge in [-0.1, -0.05) is 32.0 Å². The van der Waals surface area contributed by atoms with Crippen molar-refractivity contribution in [2.75, 3.05) is 18.1 Å². The van der Waals surface area contributed by atoms with E-state index in [0.717, 1.165) is 17.7 Å². The third-order valence-electron chi connectivity index (χ3n) is 4.65. The van der Waals surface area contributed by atoms with Gasteiger partial charge in [0.2, 0.25) is 10.0 Å². The lowest BCUT2D eigenvalue weighted by Crippen LogP contribution is -2.39. The predicted octanol–water partition coefficient (Wildman–Crippen LogP) is 2.98. The normalized spacial score (nSPS) is 16.3. The molecule has 0 unspecified atom stereocenters. The van der Waals surface area contributed by atoms with E-state index in [0.29, 0.717) is 12.3 Å². The first-order valence-corrected chi connectivity index (χ1v) is 10.9. The van der Waals surface area contributed by atoms with Crippen molar-refractivity contribution in [2.24, 2.45) is 5.92 Å². The van der Waals surface area contributed by atoms with Gasteiger partial charge in [0, 0.05) is 18.3 Å². The van der Waals surface area contributed by atoms with Crippen molar-refractivity contribution in [3.8, 4) is 5.75 Å². The Hall–Kier alpha value is -2.38. The zero-order valence-electron chi connectivity index (χ0n) is 16.4. The fourth-order valence-electron chi connectivity index (χ4n) is 3.23. The van der Waals surface area contributed by atoms with Gasteiger partial charge in [-0.3, -0.25) is 4.79 Å². The first kappa shape index (κ1) is 20.4. The summed E-state index contributed by atoms with van der Waals surface area (Å²) >= 11 is 0. The first-order valence-electron chi connectivity index (χ1n) is 9.40. The third-order valence-corrected chi connectivity index (χ3v) is 6.09. The van der Waals surface area contributed by atoms with Crippen molar-refractivity contribution in [1.29, 1.82) is 0 Å². The second kappa shape index (κ2) is 8.32. The highest BCUT2D eigenvalue weighted by molar-refractivity contribution is 7.89. The number of sulfonamides is 1. The summed E-state index contributed by atoms with van der Waals surface area (Å²) in [5, 5.41) is 0. The summed E-state index contributed by atoms with van der Waals surface area (Å²) in [5.41, 5.74) is 2.09. The van der Waals surface area contributed by atoms with Crippen LogP contribution in [0.4, 0.5) is 5.69 Å². The van der Waals surface area contributed by atoms with Gasteiger partial charge in [-0.25, -0.2) is 13.1 Å². The Kier molecular flexibility index (Phi) is 6.05. The SMILES string of the molecule is CC(C)CNS(=O)(=O)c1ccc(OCC(=O)N2c3ccccc3C[C@@H]2C)cc1. The minimum atomic E-state index is -3.54. The summed E-state index contributed by atoms with van der Waals surface area (Å²) in [6.45, 7) is 6.18. The van der Waals surface area contributed by atoms with Gasteiger partial charge < -0.3 is 9.64 Å². The molecule has 0 fully saturated rings. The summed E-state index contributed by atoms with van der Waals surface area (Å²) in [6, 6.07) is 14.1. The van der Waals surface area contributed by atoms with Crippen LogP contribution in [0.25, 0.3) is 0 Å². The van der Waals surface area contributed by atoms with E-state index in [4.69, 9.17) is 4.74 Å². The molecule has 1 heterocycles. The second-order valence-electron chi connectivity index (χ2n) is 7.45. The molecule has 28 heavy (non-hydrogen) atoms. The molecule has 2 aromatic rings. The maximum absolute atomic E-state index is 12.7. The molecule has 0 bridgehead atoms. The average Bonchev–Trinajstić information content (AvgIpc) is 3.00. The van der Waals surface area contributed by atoms with Gasteiger partial charge in [0.25, 0.3) is 5.91 Å². The van der Waals surface area contributed by atoms with E-state index in [2.05, 4.69) is 4.72 Å². The molecule has 1 amide bonds. The van der Waals surface area contributed by atoms with Crippen LogP contribution in [0, 0.1) is 5.92 Å². The Morgan fingerprint density at radius 2 is 1.86 bits per heavy atom. The molecule has 0 aliphatic carbocycles. The Labute approximate surface area is 166 Å². The van der Waals surface area contributed by atoms with E-state index in [1.807, 2.05) is 45.0 Å². The van der Waals surface area contributed by atoms with E-state index >= 15 is 0 Å². The summed E-state index contributed by atoms with van der Waals surface area (Å²) in [6.07, 6.45) is 0.831. The number of nitrogens with one attached hydrogen (secondary N) is 1. The maximum Gasteiger partial charge on any atom is 0.265 e. The number of amides is 1. The Bertz CT molecular complexity index is 939. The number of benzene rings is 2. The molecule has 7 heteroatoms. The molecule has 1 N–H and O–H groups in total. The lowest BCUT2D eigenvalue weighted by Gasteiger charge is -2.22. The van der Waals surface area contributed by atoms with Gasteiger partial charge in [-0.2, -0.15) is 0 Å². The van der Waals surface area contributed by atoms with Gasteiger partial charge in [0.05, 0.1) is 4.90 Å². The zero-order chi connectivity index (χ0) is 20.3. The number of carbonyl (C=O) groups is 1. The minimum Gasteiger partial charge on any atom is -0.484 e. The Balaban J connectivity index is 1.62. The summed E-state index contributed by atoms with van der Waals surface area (Å²) in [4.78, 5) is 14.6. The lowest BCUT2D eigenvalue weighted by molar-refractivity contribution is -0.120. The van der Waals surface area contributed by atoms with Gasteiger partial charge >= 0.3 is 0 Å². The van der Waals surface area contributed by atoms with Crippen molar-refractivity contribution < 1.29 is 17.9 Å². The van der Waals surface area contributed by atoms with Crippen LogP contribution in [-0.2, 0) is 21.2 Å². The molecule has 0 saturated carbocycles. The smallest absolute Gasteiger partial charge is 0.265 e. The standard InChI is InChI=1S/C21H26N2O4S/c1-15(2)13-22-28(25,26)19-10-8-18(9-11-19)27-14-21(24)23-16(3)12-17-6-4-5-7-20(17)23/h4-11,15-16,22H,12-14H2,1-3H3/t16-/m0/s1. The summed E-state index contributed by atoms with van der Waals surface area (Å²) in [7, 11) is -3.54. The molecular weight excluding hydrogens is 376 g/mol. The van der Waals surface area contributed by atoms with Crippen LogP contribution in [0.3, 0.4) is 0 Å². The van der Waals surface area contributed by atoms with Crippen molar-refractivity contribution >= 4 is 21.6 Å². The Morgan fingerprint density at radius 1 is 1.18 bits per heavy atom. The number of hydrogen-bond donors (Lipinski definition) is 1. The first-order chi connectivity index (χ1) is 13.3. The molecule has 3 rings (SSSR count). The Morgan fingerprint density at radius 3 is 2.54 bits per heavy atom. The number of fused-ring (bicyclic) bond motifs is 1. The largest absolute Gasteiger partial charge is 0.484 e. The van der Waals surface area contributed by atoms with Gasteiger partial charge in [-0.15, -0.1) is 0 Å². The molecule has 0 aromatic heterocycles. The molecule has 0 radical (unpaired) electrons. The van der Waals surface area contributed by atoms with Gasteiger partial charge in [-0.05, 0) is 55.2 Å². The molecule has 0 spiro atoms. The highest BCUT2D eigenvalue weighted by Crippen LogP contribution is 2.31. The van der Waals surface area contributed by atoms with Crippen LogP contribution in [0.2, 0.25) is 0 Å². The molecule has 1 atom stereocenters. The fourth-order valence-corrected chi connectivity index (χ4v) is 4.45. The fraction of sp³-hybridized carbons (Fsp3) is 0.381. The third kappa shape index (κ3) is 4.54. The number of para-hydroxylation sites is 1. The van der Waals surface area contributed by atoms with E-state index in [1.165, 1.54) is 12.1 Å². The lowest BCUT2D eigenvalue weighted by atomic mass is 10.1. The van der Waals surface area contributed by atoms with Crippen LogP contribution in [0.1, 0.15) is 26.3 Å². The number of nitrogens with zero attached hydrogens (tertiary/aromatic N) is 1. The van der Waals surface area contributed by atoms with Crippen molar-refractivity contribution in [2.45, 2.75) is 38.1 Å². The number of hydrogen-bond acceptors (Lipinski definition) is 4. The molecular formula is C21H26N2O4S. The molecule has 1 aliphatic heterocycles. The quantitative estimate of drug-likeness (QED) is 0.773. The number of ether oxygens (including phenoxy) is 1. The zero-order valence-corrected chi connectivity index (χ0v) is 17.2. The van der Waals surface area contributed by atoms with Crippen LogP contribution < -0.4 is 14.4 Å². The van der Waals surface area contributed by atoms with Crippen molar-refractivity contribution in [1.82, 2.24) is 4.72 Å². The van der Waals surface area contributed by atoms with E-state index in [9.17, 15) is 13.2 Å². The van der Waals surface area contributed by atoms with Gasteiger partial charge in [0.1, 0.15) is 5.75 Å². The van der Waals surface area contributed by atoms with Crippen LogP contribution in [0.5, 0.6) is 5.75 Å². The summed E-state index contributed by atoms with van der Waals surface area (Å²) < 4.78 is 32.6. The predicted molar refractivity (Wildman–Crippen MR) is 109 cm³/mol. The summed E-state index contributed by atoms with van der Waals surface area (Å²) in [5.74, 6) is 0.561. The van der Waals surface area contributed by atoms with E-state index < -0.39 is 10.0 Å². The highest BCUT2D eigenvalue weighted by Gasteiger charge is 2.30. The number of anilines is 1. The number of carbonyl (C=O) groups excluding carboxylic acids is 1. The van der Waals surface area contributed by atoms with Gasteiger partial charge in [0.15, 0.2) is 6.61 Å². The molecule has 1 aliphatic rings. The van der Waals surface area contributed by atoms with Crippen molar-refractivity contribution in [3.05, 3.63) is 54.1 Å². The topological polar surface area (TPSA) is 75.7 Å². The van der Waals surface area contributed by atoms with Crippen molar-refractivity contribution in [3.63, 3.8) is 0 Å². The van der Waals surface area contributed by atoms with Crippen LogP contribution >= 0.6 is 0 Å². The van der Waals surface area contributed by atoms with Crippen LogP contribution in [0.15, 0.2) is 53.4 Å². The van der Waals surface area contributed by atoms with E-state index in [-0.39, 0.29) is 29.4 Å². The molecule has 2 aromatic carbocycles. The number of rotatable bonds is 7. The maximum atomic E-state index is 12.7. The molecule has 0 saturated heterocycles. The van der Waals surface area contributed by atoms with Crippen LogP contribution in [-0.4, -0.2) is 33.5 Å². The second-order valence-corrected chi connectivity index (χ2v) is 9.22. The monoisotopic (exact) mass is 402 g/mol. The molecule has 150 valence electrons. The van der Waals surface area contributed by atoms with E-state index in [1.54, 1.807) is 17.0 Å². The molecule has 6 nitrogen and oxygen atoms in total. The minimum absolute atomic E-state index is 0.0908.